The van der Waals surface area contributed by atoms with E-state index in [-0.39, 0.29) is 24.3 Å². The first-order valence-electron chi connectivity index (χ1n) is 6.83. The Bertz CT molecular complexity index is 655. The highest BCUT2D eigenvalue weighted by molar-refractivity contribution is 5.80. The van der Waals surface area contributed by atoms with Crippen molar-refractivity contribution in [3.05, 3.63) is 65.2 Å². The number of rotatable bonds is 6. The summed E-state index contributed by atoms with van der Waals surface area (Å²) in [7, 11) is 0. The van der Waals surface area contributed by atoms with Crippen molar-refractivity contribution in [2.75, 3.05) is 0 Å². The number of aromatic hydroxyl groups is 1. The molecule has 5 nitrogen and oxygen atoms in total. The summed E-state index contributed by atoms with van der Waals surface area (Å²) in [6.45, 7) is 0.169. The van der Waals surface area contributed by atoms with Gasteiger partial charge in [0.15, 0.2) is 6.29 Å². The molecule has 1 unspecified atom stereocenters. The van der Waals surface area contributed by atoms with E-state index >= 15 is 0 Å². The van der Waals surface area contributed by atoms with Crippen molar-refractivity contribution in [1.82, 2.24) is 0 Å². The van der Waals surface area contributed by atoms with E-state index in [1.165, 1.54) is 12.1 Å². The molecule has 2 aromatic rings. The van der Waals surface area contributed by atoms with Crippen LogP contribution >= 0.6 is 0 Å². The van der Waals surface area contributed by atoms with Crippen molar-refractivity contribution in [1.29, 1.82) is 0 Å². The van der Waals surface area contributed by atoms with Crippen molar-refractivity contribution >= 4 is 12.3 Å². The zero-order chi connectivity index (χ0) is 15.9. The van der Waals surface area contributed by atoms with Crippen LogP contribution in [0.4, 0.5) is 0 Å². The Hall–Kier alpha value is -2.66. The summed E-state index contributed by atoms with van der Waals surface area (Å²) < 4.78 is 5.16. The van der Waals surface area contributed by atoms with Gasteiger partial charge in [0.25, 0.3) is 0 Å². The Kier molecular flexibility index (Phi) is 5.27. The fourth-order valence-corrected chi connectivity index (χ4v) is 2.00. The van der Waals surface area contributed by atoms with Crippen LogP contribution in [-0.2, 0) is 22.6 Å². The first kappa shape index (κ1) is 15.7. The quantitative estimate of drug-likeness (QED) is 0.627. The Morgan fingerprint density at radius 2 is 1.91 bits per heavy atom. The van der Waals surface area contributed by atoms with E-state index in [1.807, 2.05) is 30.3 Å². The third-order valence-electron chi connectivity index (χ3n) is 3.20. The molecule has 0 aromatic heterocycles. The number of aldehydes is 1. The van der Waals surface area contributed by atoms with Gasteiger partial charge in [-0.05, 0) is 29.7 Å². The van der Waals surface area contributed by atoms with Gasteiger partial charge in [0.05, 0.1) is 5.56 Å². The summed E-state index contributed by atoms with van der Waals surface area (Å²) in [5.41, 5.74) is 7.56. The summed E-state index contributed by atoms with van der Waals surface area (Å²) >= 11 is 0. The number of phenolic OH excluding ortho intramolecular Hbond substituents is 1. The zero-order valence-electron chi connectivity index (χ0n) is 11.9. The molecular weight excluding hydrogens is 282 g/mol. The Labute approximate surface area is 128 Å². The third-order valence-corrected chi connectivity index (χ3v) is 3.20. The number of benzene rings is 2. The van der Waals surface area contributed by atoms with Crippen LogP contribution < -0.4 is 5.73 Å². The Morgan fingerprint density at radius 1 is 1.18 bits per heavy atom. The van der Waals surface area contributed by atoms with Crippen LogP contribution in [0.3, 0.4) is 0 Å². The molecule has 0 aliphatic heterocycles. The molecule has 0 aliphatic carbocycles. The number of hydrogen-bond acceptors (Lipinski definition) is 5. The molecule has 3 N–H and O–H groups in total. The molecule has 0 radical (unpaired) electrons. The number of phenols is 1. The van der Waals surface area contributed by atoms with Crippen LogP contribution in [0.5, 0.6) is 5.75 Å². The van der Waals surface area contributed by atoms with E-state index in [0.29, 0.717) is 11.8 Å². The monoisotopic (exact) mass is 299 g/mol. The minimum absolute atomic E-state index is 0.0982. The van der Waals surface area contributed by atoms with Gasteiger partial charge >= 0.3 is 5.97 Å². The summed E-state index contributed by atoms with van der Waals surface area (Å²) in [5.74, 6) is -0.608. The lowest BCUT2D eigenvalue weighted by molar-refractivity contribution is -0.146. The van der Waals surface area contributed by atoms with E-state index in [2.05, 4.69) is 0 Å². The molecule has 0 bridgehead atoms. The molecule has 114 valence electrons. The molecule has 0 aliphatic rings. The molecule has 0 heterocycles. The predicted octanol–water partition coefficient (Wildman–Crippen LogP) is 1.82. The first-order chi connectivity index (χ1) is 10.6. The largest absolute Gasteiger partial charge is 0.507 e. The van der Waals surface area contributed by atoms with Crippen LogP contribution in [0.2, 0.25) is 0 Å². The van der Waals surface area contributed by atoms with Crippen molar-refractivity contribution < 1.29 is 19.4 Å². The maximum atomic E-state index is 11.9. The molecule has 0 amide bonds. The van der Waals surface area contributed by atoms with E-state index < -0.39 is 12.0 Å². The number of nitrogens with two attached hydrogens (primary N) is 1. The van der Waals surface area contributed by atoms with Gasteiger partial charge in [0, 0.05) is 0 Å². The van der Waals surface area contributed by atoms with Gasteiger partial charge in [0.1, 0.15) is 18.4 Å². The highest BCUT2D eigenvalue weighted by Gasteiger charge is 2.16. The fourth-order valence-electron chi connectivity index (χ4n) is 2.00. The maximum Gasteiger partial charge on any atom is 0.323 e. The molecule has 0 fully saturated rings. The second-order valence-electron chi connectivity index (χ2n) is 4.91. The van der Waals surface area contributed by atoms with Crippen LogP contribution in [0.1, 0.15) is 21.5 Å². The zero-order valence-corrected chi connectivity index (χ0v) is 11.9. The van der Waals surface area contributed by atoms with Crippen LogP contribution in [0, 0.1) is 0 Å². The molecule has 2 aromatic carbocycles. The lowest BCUT2D eigenvalue weighted by atomic mass is 10.0. The fraction of sp³-hybridized carbons (Fsp3) is 0.176. The lowest BCUT2D eigenvalue weighted by Gasteiger charge is -2.12. The average molecular weight is 299 g/mol. The normalized spacial score (nSPS) is 11.7. The van der Waals surface area contributed by atoms with Crippen molar-refractivity contribution in [3.63, 3.8) is 0 Å². The van der Waals surface area contributed by atoms with E-state index in [4.69, 9.17) is 10.5 Å². The molecule has 22 heavy (non-hydrogen) atoms. The van der Waals surface area contributed by atoms with Gasteiger partial charge in [-0.15, -0.1) is 0 Å². The molecule has 5 heteroatoms. The topological polar surface area (TPSA) is 89.6 Å². The average Bonchev–Trinajstić information content (AvgIpc) is 2.55. The summed E-state index contributed by atoms with van der Waals surface area (Å²) in [6, 6.07) is 13.0. The van der Waals surface area contributed by atoms with E-state index in [0.717, 1.165) is 5.56 Å². The minimum Gasteiger partial charge on any atom is -0.507 e. The van der Waals surface area contributed by atoms with Crippen molar-refractivity contribution in [2.45, 2.75) is 19.1 Å². The van der Waals surface area contributed by atoms with Gasteiger partial charge in [-0.25, -0.2) is 0 Å². The van der Waals surface area contributed by atoms with Gasteiger partial charge in [-0.3, -0.25) is 9.59 Å². The Balaban J connectivity index is 1.92. The molecule has 0 saturated heterocycles. The number of carbonyl (C=O) groups is 2. The standard InChI is InChI=1S/C17H17NO4/c18-15(9-13-6-7-16(20)14(8-13)10-19)17(21)22-11-12-4-2-1-3-5-12/h1-8,10,15,20H,9,11,18H2. The number of hydrogen-bond donors (Lipinski definition) is 2. The molecular formula is C17H17NO4. The van der Waals surface area contributed by atoms with Crippen molar-refractivity contribution in [2.24, 2.45) is 5.73 Å². The van der Waals surface area contributed by atoms with E-state index in [1.54, 1.807) is 6.07 Å². The van der Waals surface area contributed by atoms with Crippen LogP contribution in [-0.4, -0.2) is 23.4 Å². The smallest absolute Gasteiger partial charge is 0.323 e. The summed E-state index contributed by atoms with van der Waals surface area (Å²) in [5, 5.41) is 9.43. The van der Waals surface area contributed by atoms with Gasteiger partial charge < -0.3 is 15.6 Å². The highest BCUT2D eigenvalue weighted by atomic mass is 16.5. The van der Waals surface area contributed by atoms with Crippen LogP contribution in [0.25, 0.3) is 0 Å². The molecule has 0 spiro atoms. The highest BCUT2D eigenvalue weighted by Crippen LogP contribution is 2.17. The molecule has 2 rings (SSSR count). The summed E-state index contributed by atoms with van der Waals surface area (Å²) in [4.78, 5) is 22.7. The van der Waals surface area contributed by atoms with Crippen molar-refractivity contribution in [3.8, 4) is 5.75 Å². The predicted molar refractivity (Wildman–Crippen MR) is 81.4 cm³/mol. The molecule has 1 atom stereocenters. The van der Waals surface area contributed by atoms with Gasteiger partial charge in [0.2, 0.25) is 0 Å². The lowest BCUT2D eigenvalue weighted by Crippen LogP contribution is -2.34. The number of carbonyl (C=O) groups excluding carboxylic acids is 2. The Morgan fingerprint density at radius 3 is 2.59 bits per heavy atom. The van der Waals surface area contributed by atoms with Gasteiger partial charge in [-0.1, -0.05) is 36.4 Å². The summed E-state index contributed by atoms with van der Waals surface area (Å²) in [6.07, 6.45) is 0.785. The van der Waals surface area contributed by atoms with Crippen LogP contribution in [0.15, 0.2) is 48.5 Å². The third kappa shape index (κ3) is 4.17. The van der Waals surface area contributed by atoms with Gasteiger partial charge in [-0.2, -0.15) is 0 Å². The SMILES string of the molecule is NC(Cc1ccc(O)c(C=O)c1)C(=O)OCc1ccccc1. The van der Waals surface area contributed by atoms with E-state index in [9.17, 15) is 14.7 Å². The second kappa shape index (κ2) is 7.38. The minimum atomic E-state index is -0.826. The second-order valence-corrected chi connectivity index (χ2v) is 4.91. The first-order valence-corrected chi connectivity index (χ1v) is 6.83. The number of esters is 1. The molecule has 0 saturated carbocycles. The number of ether oxygens (including phenoxy) is 1. The maximum absolute atomic E-state index is 11.9.